The van der Waals surface area contributed by atoms with E-state index in [9.17, 15) is 5.11 Å². The summed E-state index contributed by atoms with van der Waals surface area (Å²) in [5.41, 5.74) is 6.64. The summed E-state index contributed by atoms with van der Waals surface area (Å²) in [6, 6.07) is 0.868. The Labute approximate surface area is 93.2 Å². The lowest BCUT2D eigenvalue weighted by Gasteiger charge is -2.16. The fraction of sp³-hybridized carbons (Fsp3) is 0.400. The molecule has 0 aliphatic carbocycles. The van der Waals surface area contributed by atoms with Crippen molar-refractivity contribution in [3.05, 3.63) is 22.2 Å². The predicted octanol–water partition coefficient (Wildman–Crippen LogP) is 1.35. The number of ether oxygens (including phenoxy) is 1. The number of phenols is 1. The van der Waals surface area contributed by atoms with Crippen LogP contribution >= 0.6 is 11.6 Å². The Kier molecular flexibility index (Phi) is 3.79. The zero-order chi connectivity index (χ0) is 11.6. The van der Waals surface area contributed by atoms with Crippen molar-refractivity contribution in [1.29, 1.82) is 0 Å². The summed E-state index contributed by atoms with van der Waals surface area (Å²) >= 11 is 5.94. The number of halogens is 1. The van der Waals surface area contributed by atoms with Crippen molar-refractivity contribution < 1.29 is 14.9 Å². The highest BCUT2D eigenvalue weighted by Crippen LogP contribution is 2.39. The highest BCUT2D eigenvalue weighted by Gasteiger charge is 2.18. The van der Waals surface area contributed by atoms with Crippen LogP contribution in [-0.4, -0.2) is 23.9 Å². The van der Waals surface area contributed by atoms with Gasteiger partial charge in [0.15, 0.2) is 11.5 Å². The van der Waals surface area contributed by atoms with E-state index in [0.717, 1.165) is 0 Å². The van der Waals surface area contributed by atoms with Crippen molar-refractivity contribution in [2.45, 2.75) is 13.0 Å². The molecule has 0 radical (unpaired) electrons. The predicted molar refractivity (Wildman–Crippen MR) is 58.4 cm³/mol. The lowest BCUT2D eigenvalue weighted by molar-refractivity contribution is 0.264. The highest BCUT2D eigenvalue weighted by molar-refractivity contribution is 6.31. The second-order valence-corrected chi connectivity index (χ2v) is 3.65. The van der Waals surface area contributed by atoms with Crippen LogP contribution in [0.1, 0.15) is 17.2 Å². The Morgan fingerprint density at radius 1 is 1.60 bits per heavy atom. The van der Waals surface area contributed by atoms with E-state index in [0.29, 0.717) is 21.9 Å². The molecule has 0 saturated heterocycles. The molecule has 0 spiro atoms. The minimum Gasteiger partial charge on any atom is -0.504 e. The van der Waals surface area contributed by atoms with Crippen molar-refractivity contribution >= 4 is 11.6 Å². The van der Waals surface area contributed by atoms with Gasteiger partial charge >= 0.3 is 0 Å². The van der Waals surface area contributed by atoms with E-state index in [4.69, 9.17) is 27.2 Å². The van der Waals surface area contributed by atoms with Gasteiger partial charge in [0.25, 0.3) is 0 Å². The Hall–Kier alpha value is -0.970. The molecule has 0 bridgehead atoms. The average Bonchev–Trinajstić information content (AvgIpc) is 2.23. The quantitative estimate of drug-likeness (QED) is 0.734. The van der Waals surface area contributed by atoms with Crippen LogP contribution in [0.3, 0.4) is 0 Å². The van der Waals surface area contributed by atoms with Crippen molar-refractivity contribution in [1.82, 2.24) is 0 Å². The van der Waals surface area contributed by atoms with Crippen LogP contribution < -0.4 is 10.5 Å². The standard InChI is InChI=1S/C10H14ClNO3/c1-5-7(11)3-6(8(12)4-13)9(14)10(5)15-2/h3,8,13-14H,4,12H2,1-2H3. The summed E-state index contributed by atoms with van der Waals surface area (Å²) in [6.45, 7) is 1.46. The van der Waals surface area contributed by atoms with E-state index in [1.165, 1.54) is 13.2 Å². The van der Waals surface area contributed by atoms with Gasteiger partial charge in [-0.2, -0.15) is 0 Å². The molecular formula is C10H14ClNO3. The lowest BCUT2D eigenvalue weighted by atomic mass is 10.0. The molecule has 4 nitrogen and oxygen atoms in total. The zero-order valence-electron chi connectivity index (χ0n) is 8.62. The van der Waals surface area contributed by atoms with Gasteiger partial charge in [0.05, 0.1) is 19.8 Å². The summed E-state index contributed by atoms with van der Waals surface area (Å²) in [7, 11) is 1.44. The van der Waals surface area contributed by atoms with E-state index in [1.54, 1.807) is 6.92 Å². The van der Waals surface area contributed by atoms with Gasteiger partial charge in [0.1, 0.15) is 0 Å². The van der Waals surface area contributed by atoms with E-state index in [1.807, 2.05) is 0 Å². The Morgan fingerprint density at radius 3 is 2.67 bits per heavy atom. The van der Waals surface area contributed by atoms with Crippen LogP contribution in [0.2, 0.25) is 5.02 Å². The summed E-state index contributed by atoms with van der Waals surface area (Å²) < 4.78 is 5.02. The molecule has 0 heterocycles. The number of rotatable bonds is 3. The molecule has 4 N–H and O–H groups in total. The van der Waals surface area contributed by atoms with Gasteiger partial charge in [-0.05, 0) is 13.0 Å². The largest absolute Gasteiger partial charge is 0.504 e. The first-order valence-corrected chi connectivity index (χ1v) is 4.83. The lowest BCUT2D eigenvalue weighted by Crippen LogP contribution is -2.15. The normalized spacial score (nSPS) is 12.6. The molecule has 0 aliphatic rings. The molecule has 1 aromatic rings. The van der Waals surface area contributed by atoms with E-state index >= 15 is 0 Å². The van der Waals surface area contributed by atoms with Gasteiger partial charge in [0.2, 0.25) is 0 Å². The maximum absolute atomic E-state index is 9.82. The maximum atomic E-state index is 9.82. The number of methoxy groups -OCH3 is 1. The summed E-state index contributed by atoms with van der Waals surface area (Å²) in [5, 5.41) is 19.2. The fourth-order valence-corrected chi connectivity index (χ4v) is 1.56. The van der Waals surface area contributed by atoms with Crippen LogP contribution in [0.5, 0.6) is 11.5 Å². The van der Waals surface area contributed by atoms with Crippen molar-refractivity contribution in [3.8, 4) is 11.5 Å². The van der Waals surface area contributed by atoms with Crippen molar-refractivity contribution in [3.63, 3.8) is 0 Å². The highest BCUT2D eigenvalue weighted by atomic mass is 35.5. The number of aliphatic hydroxyl groups is 1. The Morgan fingerprint density at radius 2 is 2.20 bits per heavy atom. The van der Waals surface area contributed by atoms with Crippen LogP contribution in [0.4, 0.5) is 0 Å². The average molecular weight is 232 g/mol. The molecule has 1 unspecified atom stereocenters. The zero-order valence-corrected chi connectivity index (χ0v) is 9.38. The molecule has 0 aromatic heterocycles. The molecule has 1 rings (SSSR count). The summed E-state index contributed by atoms with van der Waals surface area (Å²) in [5.74, 6) is 0.224. The number of benzene rings is 1. The number of phenolic OH excluding ortho intramolecular Hbond substituents is 1. The molecular weight excluding hydrogens is 218 g/mol. The third-order valence-corrected chi connectivity index (χ3v) is 2.66. The van der Waals surface area contributed by atoms with Crippen molar-refractivity contribution in [2.75, 3.05) is 13.7 Å². The third kappa shape index (κ3) is 2.17. The van der Waals surface area contributed by atoms with Crippen LogP contribution in [0.15, 0.2) is 6.07 Å². The van der Waals surface area contributed by atoms with Crippen LogP contribution in [0, 0.1) is 6.92 Å². The number of hydrogen-bond donors (Lipinski definition) is 3. The van der Waals surface area contributed by atoms with Gasteiger partial charge in [-0.1, -0.05) is 11.6 Å². The van der Waals surface area contributed by atoms with Crippen LogP contribution in [-0.2, 0) is 0 Å². The van der Waals surface area contributed by atoms with E-state index in [2.05, 4.69) is 0 Å². The molecule has 15 heavy (non-hydrogen) atoms. The minimum atomic E-state index is -0.669. The first-order chi connectivity index (χ1) is 7.02. The van der Waals surface area contributed by atoms with E-state index in [-0.39, 0.29) is 12.4 Å². The van der Waals surface area contributed by atoms with Crippen LogP contribution in [0.25, 0.3) is 0 Å². The van der Waals surface area contributed by atoms with Crippen molar-refractivity contribution in [2.24, 2.45) is 5.73 Å². The topological polar surface area (TPSA) is 75.7 Å². The number of hydrogen-bond acceptors (Lipinski definition) is 4. The second-order valence-electron chi connectivity index (χ2n) is 3.24. The van der Waals surface area contributed by atoms with Gasteiger partial charge in [-0.25, -0.2) is 0 Å². The number of nitrogens with two attached hydrogens (primary N) is 1. The SMILES string of the molecule is COc1c(C)c(Cl)cc(C(N)CO)c1O. The van der Waals surface area contributed by atoms with Gasteiger partial charge < -0.3 is 20.7 Å². The fourth-order valence-electron chi connectivity index (χ4n) is 1.36. The first-order valence-electron chi connectivity index (χ1n) is 4.45. The molecule has 0 aliphatic heterocycles. The molecule has 84 valence electrons. The molecule has 0 saturated carbocycles. The number of aromatic hydroxyl groups is 1. The molecule has 5 heteroatoms. The summed E-state index contributed by atoms with van der Waals surface area (Å²) in [6.07, 6.45) is 0. The van der Waals surface area contributed by atoms with Gasteiger partial charge in [0, 0.05) is 16.1 Å². The smallest absolute Gasteiger partial charge is 0.165 e. The monoisotopic (exact) mass is 231 g/mol. The molecule has 1 aromatic carbocycles. The minimum absolute atomic E-state index is 0.0686. The summed E-state index contributed by atoms with van der Waals surface area (Å²) in [4.78, 5) is 0. The van der Waals surface area contributed by atoms with Gasteiger partial charge in [-0.15, -0.1) is 0 Å². The third-order valence-electron chi connectivity index (χ3n) is 2.27. The molecule has 1 atom stereocenters. The number of aliphatic hydroxyl groups excluding tert-OH is 1. The Bertz CT molecular complexity index is 368. The van der Waals surface area contributed by atoms with Gasteiger partial charge in [-0.3, -0.25) is 0 Å². The van der Waals surface area contributed by atoms with E-state index < -0.39 is 6.04 Å². The molecule has 0 amide bonds. The Balaban J connectivity index is 3.36. The first kappa shape index (κ1) is 12.1. The molecule has 0 fully saturated rings. The second kappa shape index (κ2) is 4.70. The maximum Gasteiger partial charge on any atom is 0.165 e.